The van der Waals surface area contributed by atoms with Crippen LogP contribution in [0.1, 0.15) is 37.6 Å². The van der Waals surface area contributed by atoms with Crippen LogP contribution < -0.4 is 9.47 Å². The molecule has 0 radical (unpaired) electrons. The highest BCUT2D eigenvalue weighted by molar-refractivity contribution is 6.33. The first kappa shape index (κ1) is 18.3. The van der Waals surface area contributed by atoms with Gasteiger partial charge in [-0.1, -0.05) is 31.5 Å². The number of Topliss-reactive ketones (excluding diaryl/α,β-unsaturated/α-hetero) is 1. The number of hydrogen-bond donors (Lipinski definition) is 0. The van der Waals surface area contributed by atoms with Crippen molar-refractivity contribution < 1.29 is 14.3 Å². The minimum Gasteiger partial charge on any atom is -0.490 e. The van der Waals surface area contributed by atoms with E-state index in [1.165, 1.54) is 0 Å². The van der Waals surface area contributed by atoms with Crippen molar-refractivity contribution in [1.82, 2.24) is 0 Å². The SMILES string of the molecule is [C-]#[N+]c1ccc(O[C@H]2C[C@H](Oc3ccc(C(C)=O)cc3)C2(C)C)cc1Cl. The van der Waals surface area contributed by atoms with E-state index in [1.54, 1.807) is 37.3 Å². The summed E-state index contributed by atoms with van der Waals surface area (Å²) in [6.45, 7) is 12.8. The molecule has 1 fully saturated rings. The summed E-state index contributed by atoms with van der Waals surface area (Å²) in [6.07, 6.45) is 0.774. The van der Waals surface area contributed by atoms with Gasteiger partial charge in [-0.3, -0.25) is 4.79 Å². The fourth-order valence-corrected chi connectivity index (χ4v) is 3.21. The molecule has 0 unspecified atom stereocenters. The summed E-state index contributed by atoms with van der Waals surface area (Å²) >= 11 is 6.07. The molecule has 5 heteroatoms. The molecule has 1 aliphatic carbocycles. The number of hydrogen-bond acceptors (Lipinski definition) is 3. The van der Waals surface area contributed by atoms with Crippen molar-refractivity contribution in [3.05, 3.63) is 64.5 Å². The highest BCUT2D eigenvalue weighted by Crippen LogP contribution is 2.45. The molecule has 0 saturated heterocycles. The van der Waals surface area contributed by atoms with Crippen molar-refractivity contribution >= 4 is 23.1 Å². The number of benzene rings is 2. The lowest BCUT2D eigenvalue weighted by Crippen LogP contribution is -2.58. The summed E-state index contributed by atoms with van der Waals surface area (Å²) in [4.78, 5) is 14.7. The molecule has 2 aromatic rings. The fourth-order valence-electron chi connectivity index (χ4n) is 3.00. The van der Waals surface area contributed by atoms with Gasteiger partial charge < -0.3 is 9.47 Å². The molecule has 0 aromatic heterocycles. The molecule has 0 aliphatic heterocycles. The maximum absolute atomic E-state index is 11.3. The summed E-state index contributed by atoms with van der Waals surface area (Å²) in [7, 11) is 0. The summed E-state index contributed by atoms with van der Waals surface area (Å²) in [5.74, 6) is 1.44. The molecule has 0 spiro atoms. The summed E-state index contributed by atoms with van der Waals surface area (Å²) in [6, 6.07) is 12.3. The summed E-state index contributed by atoms with van der Waals surface area (Å²) < 4.78 is 12.1. The third-order valence-corrected chi connectivity index (χ3v) is 5.25. The van der Waals surface area contributed by atoms with Crippen LogP contribution in [0.15, 0.2) is 42.5 Å². The molecule has 26 heavy (non-hydrogen) atoms. The molecule has 134 valence electrons. The molecule has 0 N–H and O–H groups in total. The lowest BCUT2D eigenvalue weighted by atomic mass is 9.66. The highest BCUT2D eigenvalue weighted by Gasteiger charge is 2.52. The van der Waals surface area contributed by atoms with Crippen LogP contribution in [0.3, 0.4) is 0 Å². The molecule has 1 aliphatic rings. The Morgan fingerprint density at radius 2 is 1.69 bits per heavy atom. The van der Waals surface area contributed by atoms with E-state index < -0.39 is 0 Å². The molecule has 0 heterocycles. The molecule has 2 aromatic carbocycles. The molecule has 0 amide bonds. The molecule has 0 bridgehead atoms. The fraction of sp³-hybridized carbons (Fsp3) is 0.333. The second kappa shape index (κ2) is 7.01. The van der Waals surface area contributed by atoms with Crippen LogP contribution in [0.2, 0.25) is 5.02 Å². The van der Waals surface area contributed by atoms with E-state index in [0.717, 1.165) is 12.2 Å². The second-order valence-corrected chi connectivity index (χ2v) is 7.48. The standard InChI is InChI=1S/C21H20ClNO3/c1-13(24)14-5-7-15(8-6-14)25-19-12-20(21(19,2)3)26-16-9-10-18(23-4)17(22)11-16/h5-11,19-20H,12H2,1-3H3/t19-,20-/m0/s1. The smallest absolute Gasteiger partial charge is 0.205 e. The van der Waals surface area contributed by atoms with Gasteiger partial charge in [0.1, 0.15) is 23.7 Å². The summed E-state index contributed by atoms with van der Waals surface area (Å²) in [5, 5.41) is 0.396. The van der Waals surface area contributed by atoms with Crippen LogP contribution in [-0.2, 0) is 0 Å². The Morgan fingerprint density at radius 3 is 2.19 bits per heavy atom. The van der Waals surface area contributed by atoms with Crippen molar-refractivity contribution in [2.45, 2.75) is 39.4 Å². The zero-order chi connectivity index (χ0) is 18.9. The van der Waals surface area contributed by atoms with E-state index in [2.05, 4.69) is 18.7 Å². The minimum atomic E-state index is -0.176. The number of carbonyl (C=O) groups is 1. The van der Waals surface area contributed by atoms with Crippen molar-refractivity contribution in [1.29, 1.82) is 0 Å². The van der Waals surface area contributed by atoms with E-state index in [1.807, 2.05) is 12.1 Å². The Bertz CT molecular complexity index is 868. The lowest BCUT2D eigenvalue weighted by Gasteiger charge is -2.50. The molecular formula is C21H20ClNO3. The van der Waals surface area contributed by atoms with Crippen molar-refractivity contribution in [2.75, 3.05) is 0 Å². The number of ether oxygens (including phenoxy) is 2. The van der Waals surface area contributed by atoms with Crippen LogP contribution in [-0.4, -0.2) is 18.0 Å². The Morgan fingerprint density at radius 1 is 1.12 bits per heavy atom. The Balaban J connectivity index is 1.63. The van der Waals surface area contributed by atoms with Crippen molar-refractivity contribution in [3.63, 3.8) is 0 Å². The first-order valence-corrected chi connectivity index (χ1v) is 8.80. The quantitative estimate of drug-likeness (QED) is 0.500. The first-order valence-electron chi connectivity index (χ1n) is 8.42. The monoisotopic (exact) mass is 369 g/mol. The van der Waals surface area contributed by atoms with Crippen LogP contribution in [0.5, 0.6) is 11.5 Å². The Hall–Kier alpha value is -2.51. The van der Waals surface area contributed by atoms with E-state index in [-0.39, 0.29) is 23.4 Å². The largest absolute Gasteiger partial charge is 0.490 e. The van der Waals surface area contributed by atoms with Crippen molar-refractivity contribution in [2.24, 2.45) is 5.41 Å². The van der Waals surface area contributed by atoms with Crippen LogP contribution in [0, 0.1) is 12.0 Å². The van der Waals surface area contributed by atoms with Gasteiger partial charge >= 0.3 is 0 Å². The highest BCUT2D eigenvalue weighted by atomic mass is 35.5. The number of halogens is 1. The summed E-state index contributed by atoms with van der Waals surface area (Å²) in [5.41, 5.74) is 0.915. The maximum Gasteiger partial charge on any atom is 0.205 e. The van der Waals surface area contributed by atoms with E-state index >= 15 is 0 Å². The third kappa shape index (κ3) is 3.54. The zero-order valence-electron chi connectivity index (χ0n) is 15.0. The minimum absolute atomic E-state index is 0.00107. The molecule has 4 nitrogen and oxygen atoms in total. The van der Waals surface area contributed by atoms with Gasteiger partial charge in [-0.05, 0) is 43.3 Å². The average molecular weight is 370 g/mol. The predicted octanol–water partition coefficient (Wildman–Crippen LogP) is 5.72. The van der Waals surface area contributed by atoms with Crippen LogP contribution >= 0.6 is 11.6 Å². The number of ketones is 1. The Labute approximate surface area is 158 Å². The Kier molecular flexibility index (Phi) is 4.93. The average Bonchev–Trinajstić information content (AvgIpc) is 2.61. The lowest BCUT2D eigenvalue weighted by molar-refractivity contribution is -0.121. The van der Waals surface area contributed by atoms with E-state index in [9.17, 15) is 4.79 Å². The zero-order valence-corrected chi connectivity index (χ0v) is 15.7. The molecular weight excluding hydrogens is 350 g/mol. The van der Waals surface area contributed by atoms with Crippen LogP contribution in [0.4, 0.5) is 5.69 Å². The second-order valence-electron chi connectivity index (χ2n) is 7.08. The molecule has 2 atom stereocenters. The van der Waals surface area contributed by atoms with Gasteiger partial charge in [0.2, 0.25) is 5.69 Å². The van der Waals surface area contributed by atoms with Gasteiger partial charge in [-0.15, -0.1) is 0 Å². The van der Waals surface area contributed by atoms with Gasteiger partial charge in [0.25, 0.3) is 0 Å². The number of carbonyl (C=O) groups excluding carboxylic acids is 1. The topological polar surface area (TPSA) is 39.9 Å². The van der Waals surface area contributed by atoms with Crippen molar-refractivity contribution in [3.8, 4) is 11.5 Å². The van der Waals surface area contributed by atoms with Gasteiger partial charge in [0.05, 0.1) is 11.6 Å². The number of rotatable bonds is 5. The number of nitrogens with zero attached hydrogens (tertiary/aromatic N) is 1. The molecule has 3 rings (SSSR count). The van der Waals surface area contributed by atoms with Gasteiger partial charge in [-0.25, -0.2) is 4.85 Å². The molecule has 1 saturated carbocycles. The first-order chi connectivity index (χ1) is 12.3. The third-order valence-electron chi connectivity index (χ3n) is 4.94. The predicted molar refractivity (Wildman–Crippen MR) is 101 cm³/mol. The van der Waals surface area contributed by atoms with Gasteiger partial charge in [0, 0.05) is 17.4 Å². The van der Waals surface area contributed by atoms with E-state index in [0.29, 0.717) is 22.0 Å². The van der Waals surface area contributed by atoms with Gasteiger partial charge in [-0.2, -0.15) is 0 Å². The van der Waals surface area contributed by atoms with Crippen LogP contribution in [0.25, 0.3) is 4.85 Å². The van der Waals surface area contributed by atoms with E-state index in [4.69, 9.17) is 27.6 Å². The van der Waals surface area contributed by atoms with Gasteiger partial charge in [0.15, 0.2) is 5.78 Å². The maximum atomic E-state index is 11.3. The normalized spacial score (nSPS) is 20.6.